The molecule has 0 radical (unpaired) electrons. The van der Waals surface area contributed by atoms with Crippen molar-refractivity contribution in [1.82, 2.24) is 9.13 Å². The molecule has 0 N–H and O–H groups in total. The van der Waals surface area contributed by atoms with E-state index in [0.29, 0.717) is 18.5 Å². The maximum atomic E-state index is 12.7. The van der Waals surface area contributed by atoms with Crippen LogP contribution in [-0.2, 0) is 23.1 Å². The van der Waals surface area contributed by atoms with Gasteiger partial charge in [-0.1, -0.05) is 13.3 Å². The Morgan fingerprint density at radius 1 is 1.25 bits per heavy atom. The first kappa shape index (κ1) is 20.0. The number of hydrogen-bond acceptors (Lipinski definition) is 5. The van der Waals surface area contributed by atoms with Crippen molar-refractivity contribution in [1.29, 1.82) is 5.26 Å². The van der Waals surface area contributed by atoms with Gasteiger partial charge in [0.25, 0.3) is 15.6 Å². The van der Waals surface area contributed by atoms with Crippen LogP contribution in [0.1, 0.15) is 33.6 Å². The number of nitriles is 1. The van der Waals surface area contributed by atoms with Gasteiger partial charge in [0.2, 0.25) is 0 Å². The van der Waals surface area contributed by atoms with E-state index in [0.717, 1.165) is 11.0 Å². The van der Waals surface area contributed by atoms with Crippen LogP contribution in [-0.4, -0.2) is 23.8 Å². The lowest BCUT2D eigenvalue weighted by Gasteiger charge is -2.12. The van der Waals surface area contributed by atoms with Crippen molar-refractivity contribution >= 4 is 27.1 Å². The van der Waals surface area contributed by atoms with Gasteiger partial charge < -0.3 is 0 Å². The van der Waals surface area contributed by atoms with Crippen LogP contribution in [0.3, 0.4) is 0 Å². The number of hydrogen-bond donors (Lipinski definition) is 0. The Balaban J connectivity index is 2.13. The van der Waals surface area contributed by atoms with E-state index in [9.17, 15) is 23.3 Å². The van der Waals surface area contributed by atoms with Crippen molar-refractivity contribution in [2.45, 2.75) is 51.6 Å². The van der Waals surface area contributed by atoms with Gasteiger partial charge in [-0.25, -0.2) is 4.79 Å². The molecular weight excluding hydrogens is 380 g/mol. The van der Waals surface area contributed by atoms with Crippen LogP contribution in [0.2, 0.25) is 0 Å². The highest BCUT2D eigenvalue weighted by molar-refractivity contribution is 7.90. The first-order valence-electron chi connectivity index (χ1n) is 9.24. The molecule has 1 fully saturated rings. The van der Waals surface area contributed by atoms with E-state index in [1.54, 1.807) is 13.8 Å². The molecule has 28 heavy (non-hydrogen) atoms. The highest BCUT2D eigenvalue weighted by Gasteiger charge is 2.52. The Bertz CT molecular complexity index is 1230. The molecule has 1 aromatic heterocycles. The van der Waals surface area contributed by atoms with E-state index in [4.69, 9.17) is 0 Å². The lowest BCUT2D eigenvalue weighted by molar-refractivity contribution is 0.597. The first-order chi connectivity index (χ1) is 13.2. The Labute approximate surface area is 162 Å². The summed E-state index contributed by atoms with van der Waals surface area (Å²) < 4.78 is 31.6. The van der Waals surface area contributed by atoms with E-state index in [1.165, 1.54) is 29.0 Å². The van der Waals surface area contributed by atoms with Crippen LogP contribution in [0, 0.1) is 22.7 Å². The van der Waals surface area contributed by atoms with Crippen LogP contribution in [0.25, 0.3) is 10.9 Å². The molecule has 0 saturated heterocycles. The zero-order valence-corrected chi connectivity index (χ0v) is 16.9. The fraction of sp³-hybridized carbons (Fsp3) is 0.474. The molecule has 148 valence electrons. The third kappa shape index (κ3) is 3.07. The average Bonchev–Trinajstić information content (AvgIpc) is 3.41. The van der Waals surface area contributed by atoms with Gasteiger partial charge in [-0.2, -0.15) is 18.1 Å². The SMILES string of the molecule is CC[C@@H]1C[C@]1(C#N)C=NS(=O)(=O)c1ccc2c(c1)c(=O)n(CC)c(=O)n2CC. The minimum absolute atomic E-state index is 0.115. The molecule has 0 unspecified atom stereocenters. The Hall–Kier alpha value is -2.73. The maximum Gasteiger partial charge on any atom is 0.331 e. The van der Waals surface area contributed by atoms with Gasteiger partial charge in [-0.15, -0.1) is 0 Å². The topological polar surface area (TPSA) is 114 Å². The van der Waals surface area contributed by atoms with Crippen molar-refractivity contribution in [3.8, 4) is 6.07 Å². The maximum absolute atomic E-state index is 12.7. The second-order valence-corrected chi connectivity index (χ2v) is 8.56. The highest BCUT2D eigenvalue weighted by Crippen LogP contribution is 2.52. The van der Waals surface area contributed by atoms with Crippen LogP contribution >= 0.6 is 0 Å². The average molecular weight is 402 g/mol. The lowest BCUT2D eigenvalue weighted by Crippen LogP contribution is -2.39. The molecule has 0 bridgehead atoms. The molecular formula is C19H22N4O4S. The van der Waals surface area contributed by atoms with Gasteiger partial charge in [0.15, 0.2) is 0 Å². The predicted octanol–water partition coefficient (Wildman–Crippen LogP) is 1.90. The molecule has 1 aliphatic rings. The molecule has 1 aliphatic carbocycles. The largest absolute Gasteiger partial charge is 0.331 e. The standard InChI is InChI=1S/C19H22N4O4S/c1-4-13-10-19(13,11-20)12-21-28(26,27)14-7-8-16-15(9-14)17(24)23(6-3)18(25)22(16)5-2/h7-9,12-13H,4-6,10H2,1-3H3/t13-,19+/m1/s1. The smallest absolute Gasteiger partial charge is 0.293 e. The van der Waals surface area contributed by atoms with Crippen LogP contribution < -0.4 is 11.2 Å². The van der Waals surface area contributed by atoms with Gasteiger partial charge in [0.1, 0.15) is 0 Å². The second kappa shape index (κ2) is 7.02. The van der Waals surface area contributed by atoms with Crippen molar-refractivity contribution in [3.63, 3.8) is 0 Å². The molecule has 3 rings (SSSR count). The van der Waals surface area contributed by atoms with Gasteiger partial charge in [0.05, 0.1) is 27.3 Å². The van der Waals surface area contributed by atoms with Crippen molar-refractivity contribution in [2.75, 3.05) is 0 Å². The highest BCUT2D eigenvalue weighted by atomic mass is 32.2. The summed E-state index contributed by atoms with van der Waals surface area (Å²) >= 11 is 0. The fourth-order valence-corrected chi connectivity index (χ4v) is 4.51. The quantitative estimate of drug-likeness (QED) is 0.685. The lowest BCUT2D eigenvalue weighted by atomic mass is 10.1. The minimum Gasteiger partial charge on any atom is -0.293 e. The summed E-state index contributed by atoms with van der Waals surface area (Å²) in [4.78, 5) is 24.9. The summed E-state index contributed by atoms with van der Waals surface area (Å²) in [6.07, 6.45) is 2.60. The van der Waals surface area contributed by atoms with E-state index in [-0.39, 0.29) is 22.7 Å². The van der Waals surface area contributed by atoms with E-state index in [1.807, 2.05) is 6.92 Å². The van der Waals surface area contributed by atoms with Gasteiger partial charge in [-0.3, -0.25) is 13.9 Å². The Morgan fingerprint density at radius 2 is 1.93 bits per heavy atom. The molecule has 2 aromatic rings. The van der Waals surface area contributed by atoms with Crippen LogP contribution in [0.5, 0.6) is 0 Å². The fourth-order valence-electron chi connectivity index (χ4n) is 3.55. The van der Waals surface area contributed by atoms with Gasteiger partial charge >= 0.3 is 5.69 Å². The minimum atomic E-state index is -4.07. The van der Waals surface area contributed by atoms with Crippen molar-refractivity contribution in [3.05, 3.63) is 39.0 Å². The number of fused-ring (bicyclic) bond motifs is 1. The Kier molecular flexibility index (Phi) is 5.02. The molecule has 2 atom stereocenters. The summed E-state index contributed by atoms with van der Waals surface area (Å²) in [7, 11) is -4.07. The van der Waals surface area contributed by atoms with Gasteiger partial charge in [0, 0.05) is 19.3 Å². The molecule has 1 saturated carbocycles. The number of benzene rings is 1. The van der Waals surface area contributed by atoms with E-state index < -0.39 is 26.7 Å². The summed E-state index contributed by atoms with van der Waals surface area (Å²) in [5.74, 6) is 0.115. The van der Waals surface area contributed by atoms with Gasteiger partial charge in [-0.05, 0) is 44.4 Å². The summed E-state index contributed by atoms with van der Waals surface area (Å²) in [5.41, 5.74) is -1.40. The van der Waals surface area contributed by atoms with Crippen molar-refractivity contribution in [2.24, 2.45) is 15.7 Å². The van der Waals surface area contributed by atoms with Crippen LogP contribution in [0.15, 0.2) is 37.1 Å². The Morgan fingerprint density at radius 3 is 2.46 bits per heavy atom. The second-order valence-electron chi connectivity index (χ2n) is 6.93. The number of nitrogens with zero attached hydrogens (tertiary/aromatic N) is 4. The molecule has 0 amide bonds. The molecule has 1 aromatic carbocycles. The number of sulfonamides is 1. The number of aryl methyl sites for hydroxylation is 1. The molecule has 9 heteroatoms. The predicted molar refractivity (Wildman–Crippen MR) is 106 cm³/mol. The van der Waals surface area contributed by atoms with Crippen molar-refractivity contribution < 1.29 is 8.42 Å². The third-order valence-corrected chi connectivity index (χ3v) is 6.63. The third-order valence-electron chi connectivity index (χ3n) is 5.40. The first-order valence-corrected chi connectivity index (χ1v) is 10.7. The normalized spacial score (nSPS) is 21.9. The zero-order valence-electron chi connectivity index (χ0n) is 16.0. The molecule has 0 aliphatic heterocycles. The summed E-state index contributed by atoms with van der Waals surface area (Å²) in [6.45, 7) is 5.94. The molecule has 0 spiro atoms. The van der Waals surface area contributed by atoms with E-state index >= 15 is 0 Å². The van der Waals surface area contributed by atoms with E-state index in [2.05, 4.69) is 10.5 Å². The molecule has 8 nitrogen and oxygen atoms in total. The van der Waals surface area contributed by atoms with Crippen LogP contribution in [0.4, 0.5) is 0 Å². The molecule has 1 heterocycles. The summed E-state index contributed by atoms with van der Waals surface area (Å²) in [5, 5.41) is 9.48. The summed E-state index contributed by atoms with van der Waals surface area (Å²) in [6, 6.07) is 6.19. The zero-order chi connectivity index (χ0) is 20.7. The monoisotopic (exact) mass is 402 g/mol. The number of rotatable bonds is 6. The number of aromatic nitrogens is 2.